The van der Waals surface area contributed by atoms with Gasteiger partial charge in [-0.1, -0.05) is 13.8 Å². The zero-order valence-electron chi connectivity index (χ0n) is 20.6. The Morgan fingerprint density at radius 3 is 2.35 bits per heavy atom. The largest absolute Gasteiger partial charge is 0.494 e. The standard InChI is InChI=1S/C20H20F6N6O3.C2H6/c1-4-32(18(33)29-10-19(21,22)23)15(20(24,25)26)12-7-11(14(34-2)8-28-12)13-9-31-6-5-27-16(31)17(30-13)35-3;1-2/h5-9,15H,4,10H2,1-3H3,(H,29,33);1-2H3. The number of carbonyl (C=O) groups is 1. The van der Waals surface area contributed by atoms with Gasteiger partial charge in [-0.2, -0.15) is 26.3 Å². The van der Waals surface area contributed by atoms with E-state index in [1.807, 2.05) is 13.8 Å². The Balaban J connectivity index is 0.00000235. The van der Waals surface area contributed by atoms with Crippen LogP contribution in [-0.4, -0.2) is 69.9 Å². The Bertz CT molecular complexity index is 1200. The van der Waals surface area contributed by atoms with Crippen molar-refractivity contribution < 1.29 is 40.6 Å². The fourth-order valence-corrected chi connectivity index (χ4v) is 3.37. The van der Waals surface area contributed by atoms with E-state index in [0.29, 0.717) is 5.65 Å². The smallest absolute Gasteiger partial charge is 0.414 e. The maximum Gasteiger partial charge on any atom is 0.414 e. The van der Waals surface area contributed by atoms with E-state index in [1.165, 1.54) is 43.3 Å². The summed E-state index contributed by atoms with van der Waals surface area (Å²) in [6.07, 6.45) is -4.34. The third-order valence-electron chi connectivity index (χ3n) is 4.86. The molecule has 3 rings (SSSR count). The van der Waals surface area contributed by atoms with E-state index in [1.54, 1.807) is 6.20 Å². The molecule has 0 aliphatic rings. The lowest BCUT2D eigenvalue weighted by atomic mass is 10.1. The number of imidazole rings is 1. The first-order valence-electron chi connectivity index (χ1n) is 11.0. The van der Waals surface area contributed by atoms with E-state index in [2.05, 4.69) is 15.0 Å². The summed E-state index contributed by atoms with van der Waals surface area (Å²) in [6.45, 7) is 2.86. The van der Waals surface area contributed by atoms with Gasteiger partial charge in [0.2, 0.25) is 0 Å². The molecule has 37 heavy (non-hydrogen) atoms. The zero-order valence-corrected chi connectivity index (χ0v) is 20.6. The van der Waals surface area contributed by atoms with Crippen LogP contribution in [0.15, 0.2) is 30.9 Å². The second-order valence-electron chi connectivity index (χ2n) is 7.11. The summed E-state index contributed by atoms with van der Waals surface area (Å²) in [4.78, 5) is 24.7. The van der Waals surface area contributed by atoms with Crippen molar-refractivity contribution >= 4 is 11.7 Å². The summed E-state index contributed by atoms with van der Waals surface area (Å²) in [5.74, 6) is 0.148. The molecule has 0 saturated heterocycles. The molecule has 3 aromatic heterocycles. The number of nitrogens with zero attached hydrogens (tertiary/aromatic N) is 5. The summed E-state index contributed by atoms with van der Waals surface area (Å²) in [5, 5.41) is 1.47. The molecule has 0 saturated carbocycles. The van der Waals surface area contributed by atoms with Gasteiger partial charge in [-0.05, 0) is 13.0 Å². The number of fused-ring (bicyclic) bond motifs is 1. The minimum atomic E-state index is -5.07. The van der Waals surface area contributed by atoms with Crippen molar-refractivity contribution in [2.24, 2.45) is 0 Å². The lowest BCUT2D eigenvalue weighted by Gasteiger charge is -2.32. The van der Waals surface area contributed by atoms with Crippen LogP contribution in [0.1, 0.15) is 32.5 Å². The molecule has 0 bridgehead atoms. The number of urea groups is 1. The van der Waals surface area contributed by atoms with Gasteiger partial charge in [0.15, 0.2) is 11.7 Å². The number of hydrogen-bond acceptors (Lipinski definition) is 6. The van der Waals surface area contributed by atoms with Crippen LogP contribution in [0.4, 0.5) is 31.1 Å². The quantitative estimate of drug-likeness (QED) is 0.426. The van der Waals surface area contributed by atoms with Crippen LogP contribution in [0.2, 0.25) is 0 Å². The molecular formula is C22H26F6N6O3. The highest BCUT2D eigenvalue weighted by Gasteiger charge is 2.48. The molecule has 0 aromatic carbocycles. The van der Waals surface area contributed by atoms with E-state index in [4.69, 9.17) is 9.47 Å². The number of halogens is 6. The van der Waals surface area contributed by atoms with Gasteiger partial charge in [0, 0.05) is 30.7 Å². The van der Waals surface area contributed by atoms with Crippen molar-refractivity contribution in [2.45, 2.75) is 39.2 Å². The highest BCUT2D eigenvalue weighted by molar-refractivity contribution is 5.75. The van der Waals surface area contributed by atoms with E-state index in [9.17, 15) is 31.1 Å². The second kappa shape index (κ2) is 12.0. The van der Waals surface area contributed by atoms with Gasteiger partial charge in [0.1, 0.15) is 12.3 Å². The topological polar surface area (TPSA) is 93.9 Å². The van der Waals surface area contributed by atoms with Gasteiger partial charge in [-0.3, -0.25) is 4.98 Å². The highest BCUT2D eigenvalue weighted by Crippen LogP contribution is 2.40. The average Bonchev–Trinajstić information content (AvgIpc) is 3.33. The highest BCUT2D eigenvalue weighted by atomic mass is 19.4. The molecule has 0 spiro atoms. The first-order valence-corrected chi connectivity index (χ1v) is 11.0. The van der Waals surface area contributed by atoms with Crippen LogP contribution in [0.25, 0.3) is 16.9 Å². The first-order chi connectivity index (χ1) is 17.4. The Kier molecular flexibility index (Phi) is 9.53. The molecule has 9 nitrogen and oxygen atoms in total. The van der Waals surface area contributed by atoms with E-state index < -0.39 is 43.2 Å². The van der Waals surface area contributed by atoms with E-state index in [0.717, 1.165) is 12.3 Å². The van der Waals surface area contributed by atoms with Crippen molar-refractivity contribution in [2.75, 3.05) is 27.3 Å². The molecule has 204 valence electrons. The fourth-order valence-electron chi connectivity index (χ4n) is 3.37. The van der Waals surface area contributed by atoms with Gasteiger partial charge >= 0.3 is 18.4 Å². The molecule has 0 radical (unpaired) electrons. The Labute approximate surface area is 208 Å². The van der Waals surface area contributed by atoms with Crippen molar-refractivity contribution in [1.29, 1.82) is 0 Å². The summed E-state index contributed by atoms with van der Waals surface area (Å²) in [6, 6.07) is -3.18. The molecule has 1 unspecified atom stereocenters. The molecule has 3 aromatic rings. The van der Waals surface area contributed by atoms with Crippen molar-refractivity contribution in [1.82, 2.24) is 29.6 Å². The fraction of sp³-hybridized carbons (Fsp3) is 0.455. The lowest BCUT2D eigenvalue weighted by Crippen LogP contribution is -2.49. The molecular weight excluding hydrogens is 510 g/mol. The monoisotopic (exact) mass is 536 g/mol. The predicted octanol–water partition coefficient (Wildman–Crippen LogP) is 5.03. The summed E-state index contributed by atoms with van der Waals surface area (Å²) < 4.78 is 91.9. The van der Waals surface area contributed by atoms with Gasteiger partial charge in [-0.25, -0.2) is 14.8 Å². The van der Waals surface area contributed by atoms with Gasteiger partial charge in [-0.15, -0.1) is 0 Å². The maximum atomic E-state index is 14.1. The van der Waals surface area contributed by atoms with Gasteiger partial charge in [0.05, 0.1) is 31.8 Å². The summed E-state index contributed by atoms with van der Waals surface area (Å²) in [7, 11) is 2.62. The number of methoxy groups -OCH3 is 2. The van der Waals surface area contributed by atoms with E-state index >= 15 is 0 Å². The van der Waals surface area contributed by atoms with Crippen LogP contribution in [-0.2, 0) is 0 Å². The van der Waals surface area contributed by atoms with E-state index in [-0.39, 0.29) is 27.8 Å². The Hall–Kier alpha value is -3.78. The molecule has 1 N–H and O–H groups in total. The molecule has 1 atom stereocenters. The van der Waals surface area contributed by atoms with Crippen molar-refractivity contribution in [3.63, 3.8) is 0 Å². The average molecular weight is 536 g/mol. The normalized spacial score (nSPS) is 12.4. The SMILES string of the molecule is CC.CCN(C(=O)NCC(F)(F)F)C(c1cc(-c2cn3ccnc3c(OC)n2)c(OC)cn1)C(F)(F)F. The summed E-state index contributed by atoms with van der Waals surface area (Å²) in [5.41, 5.74) is -0.0780. The van der Waals surface area contributed by atoms with Gasteiger partial charge in [0.25, 0.3) is 5.88 Å². The number of nitrogens with one attached hydrogen (secondary N) is 1. The van der Waals surface area contributed by atoms with Crippen molar-refractivity contribution in [3.05, 3.63) is 36.5 Å². The number of rotatable bonds is 7. The van der Waals surface area contributed by atoms with Crippen molar-refractivity contribution in [3.8, 4) is 22.9 Å². The third-order valence-corrected chi connectivity index (χ3v) is 4.86. The number of aromatic nitrogens is 4. The number of amides is 2. The van der Waals surface area contributed by atoms with Crippen LogP contribution in [0.5, 0.6) is 11.6 Å². The molecule has 0 aliphatic carbocycles. The molecule has 0 fully saturated rings. The number of ether oxygens (including phenoxy) is 2. The minimum Gasteiger partial charge on any atom is -0.494 e. The van der Waals surface area contributed by atoms with Crippen LogP contribution in [0.3, 0.4) is 0 Å². The number of hydrogen-bond donors (Lipinski definition) is 1. The predicted molar refractivity (Wildman–Crippen MR) is 121 cm³/mol. The second-order valence-corrected chi connectivity index (χ2v) is 7.11. The minimum absolute atomic E-state index is 0.0632. The molecule has 0 aliphatic heterocycles. The molecule has 2 amide bonds. The Morgan fingerprint density at radius 2 is 1.81 bits per heavy atom. The zero-order chi connectivity index (χ0) is 28.0. The van der Waals surface area contributed by atoms with Gasteiger partial charge < -0.3 is 24.1 Å². The maximum absolute atomic E-state index is 14.1. The molecule has 15 heteroatoms. The third kappa shape index (κ3) is 6.92. The lowest BCUT2D eigenvalue weighted by molar-refractivity contribution is -0.179. The number of pyridine rings is 1. The van der Waals surface area contributed by atoms with Crippen LogP contribution in [0, 0.1) is 0 Å². The van der Waals surface area contributed by atoms with Crippen LogP contribution < -0.4 is 14.8 Å². The number of carbonyl (C=O) groups excluding carboxylic acids is 1. The summed E-state index contributed by atoms with van der Waals surface area (Å²) >= 11 is 0. The number of alkyl halides is 6. The first kappa shape index (κ1) is 29.5. The van der Waals surface area contributed by atoms with Crippen LogP contribution >= 0.6 is 0 Å². The molecule has 3 heterocycles. The Morgan fingerprint density at radius 1 is 1.14 bits per heavy atom.